The summed E-state index contributed by atoms with van der Waals surface area (Å²) >= 11 is 0. The van der Waals surface area contributed by atoms with E-state index >= 15 is 0 Å². The van der Waals surface area contributed by atoms with Crippen LogP contribution in [0.2, 0.25) is 0 Å². The van der Waals surface area contributed by atoms with Crippen LogP contribution >= 0.6 is 0 Å². The van der Waals surface area contributed by atoms with Crippen molar-refractivity contribution in [1.29, 1.82) is 0 Å². The fourth-order valence-electron chi connectivity index (χ4n) is 3.44. The van der Waals surface area contributed by atoms with Crippen LogP contribution in [-0.4, -0.2) is 11.6 Å². The number of Topliss-reactive ketones (excluding diaryl/α,β-unsaturated/α-hetero) is 2. The minimum absolute atomic E-state index is 0.0363. The van der Waals surface area contributed by atoms with Gasteiger partial charge in [-0.3, -0.25) is 4.79 Å². The number of rotatable bonds is 0. The average Bonchev–Trinajstić information content (AvgIpc) is 2.27. The van der Waals surface area contributed by atoms with Gasteiger partial charge in [0, 0.05) is 17.3 Å². The number of nitrogens with zero attached hydrogens (tertiary/aromatic N) is 1. The molecule has 3 heteroatoms. The van der Waals surface area contributed by atoms with Crippen LogP contribution in [0.4, 0.5) is 0 Å². The molecule has 0 bridgehead atoms. The summed E-state index contributed by atoms with van der Waals surface area (Å²) in [6.07, 6.45) is 3.94. The molecule has 2 rings (SSSR count). The molecule has 0 heterocycles. The van der Waals surface area contributed by atoms with Crippen LogP contribution in [0, 0.1) is 23.3 Å². The molecular weight excluding hydrogens is 214 g/mol. The van der Waals surface area contributed by atoms with Crippen molar-refractivity contribution >= 4 is 11.6 Å². The maximum absolute atomic E-state index is 12.2. The highest BCUT2D eigenvalue weighted by Gasteiger charge is 2.55. The van der Waals surface area contributed by atoms with Crippen molar-refractivity contribution in [2.75, 3.05) is 0 Å². The van der Waals surface area contributed by atoms with Gasteiger partial charge in [0.1, 0.15) is 5.78 Å². The second-order valence-electron chi connectivity index (χ2n) is 5.84. The molecule has 0 aromatic carbocycles. The van der Waals surface area contributed by atoms with E-state index < -0.39 is 10.8 Å². The molecule has 1 fully saturated rings. The van der Waals surface area contributed by atoms with Gasteiger partial charge in [-0.2, -0.15) is 0 Å². The Labute approximate surface area is 102 Å². The molecule has 0 N–H and O–H groups in total. The van der Waals surface area contributed by atoms with Crippen molar-refractivity contribution in [1.82, 2.24) is 0 Å². The second-order valence-corrected chi connectivity index (χ2v) is 5.84. The van der Waals surface area contributed by atoms with Crippen molar-refractivity contribution in [3.05, 3.63) is 23.2 Å². The van der Waals surface area contributed by atoms with Crippen LogP contribution in [-0.2, 0) is 9.59 Å². The molecule has 0 spiro atoms. The van der Waals surface area contributed by atoms with Crippen LogP contribution < -0.4 is 0 Å². The smallest absolute Gasteiger partial charge is 0.226 e. The Kier molecular flexibility index (Phi) is 2.50. The minimum Gasteiger partial charge on any atom is -0.307 e. The van der Waals surface area contributed by atoms with E-state index in [1.54, 1.807) is 6.08 Å². The van der Waals surface area contributed by atoms with E-state index in [2.05, 4.69) is 4.85 Å². The molecule has 0 saturated heterocycles. The van der Waals surface area contributed by atoms with Gasteiger partial charge in [0.25, 0.3) is 0 Å². The monoisotopic (exact) mass is 231 g/mol. The highest BCUT2D eigenvalue weighted by molar-refractivity contribution is 6.05. The lowest BCUT2D eigenvalue weighted by Gasteiger charge is -2.49. The quantitative estimate of drug-likeness (QED) is 0.601. The van der Waals surface area contributed by atoms with E-state index in [1.807, 2.05) is 20.8 Å². The summed E-state index contributed by atoms with van der Waals surface area (Å²) < 4.78 is 0. The Hall–Kier alpha value is -1.43. The fraction of sp³-hybridized carbons (Fsp3) is 0.643. The van der Waals surface area contributed by atoms with E-state index in [9.17, 15) is 9.59 Å². The zero-order chi connectivity index (χ0) is 12.8. The first-order chi connectivity index (χ1) is 7.84. The third-order valence-electron chi connectivity index (χ3n) is 4.47. The van der Waals surface area contributed by atoms with Gasteiger partial charge in [0.2, 0.25) is 5.70 Å². The predicted molar refractivity (Wildman–Crippen MR) is 63.9 cm³/mol. The van der Waals surface area contributed by atoms with Gasteiger partial charge >= 0.3 is 0 Å². The molecule has 2 atom stereocenters. The Bertz CT molecular complexity index is 467. The summed E-state index contributed by atoms with van der Waals surface area (Å²) in [6, 6.07) is 0. The zero-order valence-electron chi connectivity index (χ0n) is 10.5. The van der Waals surface area contributed by atoms with Crippen LogP contribution in [0.25, 0.3) is 4.85 Å². The highest BCUT2D eigenvalue weighted by atomic mass is 16.1. The van der Waals surface area contributed by atoms with Crippen molar-refractivity contribution in [3.63, 3.8) is 0 Å². The molecule has 2 aliphatic rings. The lowest BCUT2D eigenvalue weighted by atomic mass is 9.53. The summed E-state index contributed by atoms with van der Waals surface area (Å²) in [6.45, 7) is 12.7. The second kappa shape index (κ2) is 3.53. The number of hydrogen-bond donors (Lipinski definition) is 0. The summed E-state index contributed by atoms with van der Waals surface area (Å²) in [5.41, 5.74) is -1.07. The maximum Gasteiger partial charge on any atom is 0.226 e. The van der Waals surface area contributed by atoms with Crippen LogP contribution in [0.15, 0.2) is 11.8 Å². The zero-order valence-corrected chi connectivity index (χ0v) is 10.5. The normalized spacial score (nSPS) is 35.9. The largest absolute Gasteiger partial charge is 0.307 e. The van der Waals surface area contributed by atoms with E-state index in [-0.39, 0.29) is 23.2 Å². The molecule has 90 valence electrons. The topological polar surface area (TPSA) is 38.5 Å². The highest BCUT2D eigenvalue weighted by Crippen LogP contribution is 2.53. The average molecular weight is 231 g/mol. The van der Waals surface area contributed by atoms with Gasteiger partial charge in [-0.15, -0.1) is 0 Å². The van der Waals surface area contributed by atoms with E-state index in [4.69, 9.17) is 6.57 Å². The predicted octanol–water partition coefficient (Wildman–Crippen LogP) is 2.77. The first-order valence-electron chi connectivity index (χ1n) is 6.02. The van der Waals surface area contributed by atoms with Gasteiger partial charge in [-0.1, -0.05) is 19.9 Å². The minimum atomic E-state index is -0.616. The Morgan fingerprint density at radius 2 is 2.00 bits per heavy atom. The van der Waals surface area contributed by atoms with Crippen molar-refractivity contribution in [2.45, 2.75) is 40.0 Å². The molecule has 0 unspecified atom stereocenters. The van der Waals surface area contributed by atoms with Crippen LogP contribution in [0.5, 0.6) is 0 Å². The van der Waals surface area contributed by atoms with Crippen molar-refractivity contribution in [3.8, 4) is 0 Å². The molecule has 0 aliphatic heterocycles. The lowest BCUT2D eigenvalue weighted by Crippen LogP contribution is -2.51. The summed E-state index contributed by atoms with van der Waals surface area (Å²) in [4.78, 5) is 27.6. The third kappa shape index (κ3) is 1.47. The van der Waals surface area contributed by atoms with Crippen molar-refractivity contribution < 1.29 is 9.59 Å². The molecule has 0 amide bonds. The standard InChI is InChI=1S/C14H17NO2/c1-13(2)10-6-5-7-11(16)14(10,3)8-9(15-4)12(13)17/h8,10H,5-7H2,1-3H3/t10-,14+/m1/s1. The summed E-state index contributed by atoms with van der Waals surface area (Å²) in [5, 5.41) is 0. The number of ketones is 2. The number of fused-ring (bicyclic) bond motifs is 1. The molecule has 0 aromatic heterocycles. The van der Waals surface area contributed by atoms with E-state index in [1.165, 1.54) is 0 Å². The SMILES string of the molecule is [C-]#[N+]C1=C[C@]2(C)C(=O)CCC[C@@H]2C(C)(C)C1=O. The number of carbonyl (C=O) groups is 2. The molecule has 0 aromatic rings. The maximum atomic E-state index is 12.2. The lowest BCUT2D eigenvalue weighted by molar-refractivity contribution is -0.141. The number of allylic oxidation sites excluding steroid dienone is 2. The summed E-state index contributed by atoms with van der Waals surface area (Å²) in [7, 11) is 0. The molecule has 1 saturated carbocycles. The van der Waals surface area contributed by atoms with Gasteiger partial charge in [0.05, 0.1) is 6.57 Å². The molecule has 2 aliphatic carbocycles. The third-order valence-corrected chi connectivity index (χ3v) is 4.47. The Balaban J connectivity index is 2.62. The van der Waals surface area contributed by atoms with E-state index in [0.717, 1.165) is 12.8 Å². The Morgan fingerprint density at radius 1 is 1.35 bits per heavy atom. The van der Waals surface area contributed by atoms with Crippen LogP contribution in [0.1, 0.15) is 40.0 Å². The van der Waals surface area contributed by atoms with Gasteiger partial charge < -0.3 is 4.79 Å². The summed E-state index contributed by atoms with van der Waals surface area (Å²) in [5.74, 6) is 0.106. The van der Waals surface area contributed by atoms with Crippen molar-refractivity contribution in [2.24, 2.45) is 16.7 Å². The first-order valence-corrected chi connectivity index (χ1v) is 6.02. The van der Waals surface area contributed by atoms with E-state index in [0.29, 0.717) is 6.42 Å². The van der Waals surface area contributed by atoms with Gasteiger partial charge in [-0.05, 0) is 25.7 Å². The Morgan fingerprint density at radius 3 is 2.59 bits per heavy atom. The molecule has 0 radical (unpaired) electrons. The fourth-order valence-corrected chi connectivity index (χ4v) is 3.44. The van der Waals surface area contributed by atoms with Gasteiger partial charge in [0.15, 0.2) is 5.78 Å². The van der Waals surface area contributed by atoms with Crippen LogP contribution in [0.3, 0.4) is 0 Å². The molecular formula is C14H17NO2. The van der Waals surface area contributed by atoms with Gasteiger partial charge in [-0.25, -0.2) is 4.85 Å². The first kappa shape index (κ1) is 12.0. The molecule has 3 nitrogen and oxygen atoms in total. The number of carbonyl (C=O) groups excluding carboxylic acids is 2. The molecule has 17 heavy (non-hydrogen) atoms. The number of hydrogen-bond acceptors (Lipinski definition) is 2.